The number of halogens is 3. The highest BCUT2D eigenvalue weighted by atomic mass is 19.3. The third-order valence-corrected chi connectivity index (χ3v) is 3.75. The molecular weight excluding hydrogens is 227 g/mol. The third-order valence-electron chi connectivity index (χ3n) is 3.75. The van der Waals surface area contributed by atoms with Crippen LogP contribution in [0.2, 0.25) is 0 Å². The Hall–Kier alpha value is -1.03. The van der Waals surface area contributed by atoms with E-state index < -0.39 is 17.2 Å². The van der Waals surface area contributed by atoms with Crippen LogP contribution in [0.1, 0.15) is 37.3 Å². The van der Waals surface area contributed by atoms with Crippen LogP contribution in [0.4, 0.5) is 13.2 Å². The molecular formula is C13H16F3N. The summed E-state index contributed by atoms with van der Waals surface area (Å²) >= 11 is 0. The van der Waals surface area contributed by atoms with Gasteiger partial charge in [-0.1, -0.05) is 12.5 Å². The van der Waals surface area contributed by atoms with Crippen molar-refractivity contribution in [2.24, 2.45) is 5.73 Å². The zero-order chi connectivity index (χ0) is 12.7. The van der Waals surface area contributed by atoms with Crippen LogP contribution < -0.4 is 5.73 Å². The fraction of sp³-hybridized carbons (Fsp3) is 0.538. The molecule has 2 rings (SSSR count). The molecule has 94 valence electrons. The van der Waals surface area contributed by atoms with Crippen LogP contribution in [-0.2, 0) is 11.3 Å². The van der Waals surface area contributed by atoms with Crippen LogP contribution >= 0.6 is 0 Å². The van der Waals surface area contributed by atoms with Gasteiger partial charge in [0.25, 0.3) is 5.92 Å². The van der Waals surface area contributed by atoms with Gasteiger partial charge in [-0.05, 0) is 30.5 Å². The summed E-state index contributed by atoms with van der Waals surface area (Å²) in [6, 6.07) is 3.54. The minimum Gasteiger partial charge on any atom is -0.330 e. The fourth-order valence-corrected chi connectivity index (χ4v) is 2.39. The van der Waals surface area contributed by atoms with Gasteiger partial charge in [0.1, 0.15) is 5.82 Å². The lowest BCUT2D eigenvalue weighted by Crippen LogP contribution is -2.42. The van der Waals surface area contributed by atoms with E-state index in [0.29, 0.717) is 12.1 Å². The van der Waals surface area contributed by atoms with Gasteiger partial charge in [-0.15, -0.1) is 0 Å². The molecule has 17 heavy (non-hydrogen) atoms. The highest BCUT2D eigenvalue weighted by Crippen LogP contribution is 2.45. The van der Waals surface area contributed by atoms with Crippen molar-refractivity contribution in [3.05, 3.63) is 35.1 Å². The van der Waals surface area contributed by atoms with Crippen LogP contribution in [-0.4, -0.2) is 6.54 Å². The minimum atomic E-state index is -2.94. The summed E-state index contributed by atoms with van der Waals surface area (Å²) in [5.74, 6) is -3.37. The molecule has 0 heterocycles. The van der Waals surface area contributed by atoms with Gasteiger partial charge >= 0.3 is 0 Å². The number of alkyl halides is 2. The predicted molar refractivity (Wildman–Crippen MR) is 60.6 cm³/mol. The lowest BCUT2D eigenvalue weighted by atomic mass is 9.64. The molecule has 2 N–H and O–H groups in total. The fourth-order valence-electron chi connectivity index (χ4n) is 2.39. The quantitative estimate of drug-likeness (QED) is 0.865. The average molecular weight is 243 g/mol. The van der Waals surface area contributed by atoms with Gasteiger partial charge in [0.15, 0.2) is 0 Å². The summed E-state index contributed by atoms with van der Waals surface area (Å²) < 4.78 is 40.2. The van der Waals surface area contributed by atoms with Gasteiger partial charge in [-0.2, -0.15) is 0 Å². The van der Waals surface area contributed by atoms with E-state index >= 15 is 0 Å². The molecule has 0 amide bonds. The maximum atomic E-state index is 13.8. The standard InChI is InChI=1S/C13H16F3N/c1-12(15,16)9-3-4-11(14)10(7-9)13(8-17)5-2-6-13/h3-4,7H,2,5-6,8,17H2,1H3. The molecule has 0 spiro atoms. The van der Waals surface area contributed by atoms with Gasteiger partial charge in [0.2, 0.25) is 0 Å². The molecule has 0 aromatic heterocycles. The first kappa shape index (κ1) is 12.4. The van der Waals surface area contributed by atoms with E-state index in [4.69, 9.17) is 5.73 Å². The summed E-state index contributed by atoms with van der Waals surface area (Å²) in [5, 5.41) is 0. The van der Waals surface area contributed by atoms with E-state index in [9.17, 15) is 13.2 Å². The Kier molecular flexibility index (Phi) is 2.94. The van der Waals surface area contributed by atoms with Crippen molar-refractivity contribution in [2.45, 2.75) is 37.5 Å². The average Bonchev–Trinajstić information content (AvgIpc) is 2.18. The monoisotopic (exact) mass is 243 g/mol. The molecule has 0 unspecified atom stereocenters. The van der Waals surface area contributed by atoms with Crippen LogP contribution in [0.15, 0.2) is 18.2 Å². The van der Waals surface area contributed by atoms with E-state index in [1.807, 2.05) is 0 Å². The van der Waals surface area contributed by atoms with Crippen molar-refractivity contribution >= 4 is 0 Å². The first-order chi connectivity index (χ1) is 7.89. The Morgan fingerprint density at radius 1 is 1.35 bits per heavy atom. The van der Waals surface area contributed by atoms with Crippen LogP contribution in [0.5, 0.6) is 0 Å². The van der Waals surface area contributed by atoms with Gasteiger partial charge in [0.05, 0.1) is 0 Å². The highest BCUT2D eigenvalue weighted by molar-refractivity contribution is 5.35. The van der Waals surface area contributed by atoms with E-state index in [2.05, 4.69) is 0 Å². The second-order valence-electron chi connectivity index (χ2n) is 4.92. The summed E-state index contributed by atoms with van der Waals surface area (Å²) in [7, 11) is 0. The minimum absolute atomic E-state index is 0.145. The molecule has 0 aliphatic heterocycles. The second kappa shape index (κ2) is 4.02. The normalized spacial score (nSPS) is 18.9. The molecule has 1 fully saturated rings. The number of rotatable bonds is 3. The van der Waals surface area contributed by atoms with Crippen molar-refractivity contribution in [1.82, 2.24) is 0 Å². The summed E-state index contributed by atoms with van der Waals surface area (Å²) in [4.78, 5) is 0. The zero-order valence-electron chi connectivity index (χ0n) is 9.77. The Balaban J connectivity index is 2.46. The molecule has 1 saturated carbocycles. The Bertz CT molecular complexity index is 414. The van der Waals surface area contributed by atoms with Crippen molar-refractivity contribution < 1.29 is 13.2 Å². The van der Waals surface area contributed by atoms with Gasteiger partial charge in [0, 0.05) is 24.4 Å². The maximum Gasteiger partial charge on any atom is 0.270 e. The molecule has 4 heteroatoms. The highest BCUT2D eigenvalue weighted by Gasteiger charge is 2.40. The van der Waals surface area contributed by atoms with Crippen LogP contribution in [0.3, 0.4) is 0 Å². The zero-order valence-corrected chi connectivity index (χ0v) is 9.77. The lowest BCUT2D eigenvalue weighted by molar-refractivity contribution is 0.0171. The smallest absolute Gasteiger partial charge is 0.270 e. The first-order valence-electron chi connectivity index (χ1n) is 5.77. The number of nitrogens with two attached hydrogens (primary N) is 1. The molecule has 0 atom stereocenters. The Morgan fingerprint density at radius 2 is 2.00 bits per heavy atom. The summed E-state index contributed by atoms with van der Waals surface area (Å²) in [6.07, 6.45) is 2.53. The topological polar surface area (TPSA) is 26.0 Å². The first-order valence-corrected chi connectivity index (χ1v) is 5.77. The van der Waals surface area contributed by atoms with Crippen LogP contribution in [0, 0.1) is 5.82 Å². The third kappa shape index (κ3) is 2.06. The number of hydrogen-bond acceptors (Lipinski definition) is 1. The van der Waals surface area contributed by atoms with Crippen molar-refractivity contribution in [3.8, 4) is 0 Å². The molecule has 1 aliphatic rings. The summed E-state index contributed by atoms with van der Waals surface area (Å²) in [6.45, 7) is 1.13. The largest absolute Gasteiger partial charge is 0.330 e. The van der Waals surface area contributed by atoms with E-state index in [1.54, 1.807) is 0 Å². The van der Waals surface area contributed by atoms with Crippen molar-refractivity contribution in [3.63, 3.8) is 0 Å². The summed E-state index contributed by atoms with van der Waals surface area (Å²) in [5.41, 5.74) is 5.46. The number of benzene rings is 1. The van der Waals surface area contributed by atoms with Crippen molar-refractivity contribution in [2.75, 3.05) is 6.54 Å². The van der Waals surface area contributed by atoms with Crippen molar-refractivity contribution in [1.29, 1.82) is 0 Å². The molecule has 1 aliphatic carbocycles. The van der Waals surface area contributed by atoms with E-state index in [-0.39, 0.29) is 5.56 Å². The Labute approximate surface area is 98.8 Å². The van der Waals surface area contributed by atoms with Gasteiger partial charge < -0.3 is 5.73 Å². The molecule has 1 nitrogen and oxygen atoms in total. The molecule has 1 aromatic carbocycles. The van der Waals surface area contributed by atoms with Crippen LogP contribution in [0.25, 0.3) is 0 Å². The molecule has 0 saturated heterocycles. The number of hydrogen-bond donors (Lipinski definition) is 1. The van der Waals surface area contributed by atoms with Gasteiger partial charge in [-0.3, -0.25) is 0 Å². The second-order valence-corrected chi connectivity index (χ2v) is 4.92. The molecule has 0 radical (unpaired) electrons. The Morgan fingerprint density at radius 3 is 2.41 bits per heavy atom. The molecule has 1 aromatic rings. The molecule has 0 bridgehead atoms. The lowest BCUT2D eigenvalue weighted by Gasteiger charge is -2.42. The predicted octanol–water partition coefficient (Wildman–Crippen LogP) is 3.32. The van der Waals surface area contributed by atoms with E-state index in [1.165, 1.54) is 6.07 Å². The van der Waals surface area contributed by atoms with E-state index in [0.717, 1.165) is 38.3 Å². The SMILES string of the molecule is CC(F)(F)c1ccc(F)c(C2(CN)CCC2)c1. The maximum absolute atomic E-state index is 13.8. The van der Waals surface area contributed by atoms with Gasteiger partial charge in [-0.25, -0.2) is 13.2 Å².